The molecule has 4 nitrogen and oxygen atoms in total. The molecule has 4 heteroatoms. The number of ether oxygens (including phenoxy) is 1. The van der Waals surface area contributed by atoms with Gasteiger partial charge in [-0.05, 0) is 12.1 Å². The molecule has 1 aromatic rings. The highest BCUT2D eigenvalue weighted by Gasteiger charge is 2.15. The van der Waals surface area contributed by atoms with E-state index in [1.807, 2.05) is 24.3 Å². The molecule has 82 valence electrons. The van der Waals surface area contributed by atoms with Crippen LogP contribution < -0.4 is 5.73 Å². The van der Waals surface area contributed by atoms with Gasteiger partial charge in [-0.25, -0.2) is 9.79 Å². The molecule has 0 unspecified atom stereocenters. The van der Waals surface area contributed by atoms with Crippen molar-refractivity contribution in [3.63, 3.8) is 0 Å². The number of rotatable bonds is 1. The Hall–Kier alpha value is -2.10. The Morgan fingerprint density at radius 1 is 1.44 bits per heavy atom. The number of carbonyl (C=O) groups excluding carboxylic acids is 1. The van der Waals surface area contributed by atoms with E-state index >= 15 is 0 Å². The molecule has 0 atom stereocenters. The second kappa shape index (κ2) is 4.18. The molecule has 2 N–H and O–H groups in total. The van der Waals surface area contributed by atoms with Gasteiger partial charge >= 0.3 is 5.97 Å². The van der Waals surface area contributed by atoms with Crippen LogP contribution in [0.3, 0.4) is 0 Å². The summed E-state index contributed by atoms with van der Waals surface area (Å²) in [6.45, 7) is 0. The SMILES string of the molecule is COC(=O)C1=Cc2ccccc2N=C(N)C1. The van der Waals surface area contributed by atoms with Gasteiger partial charge in [0.2, 0.25) is 0 Å². The van der Waals surface area contributed by atoms with E-state index in [0.29, 0.717) is 17.8 Å². The topological polar surface area (TPSA) is 64.7 Å². The number of para-hydroxylation sites is 1. The minimum Gasteiger partial charge on any atom is -0.466 e. The van der Waals surface area contributed by atoms with E-state index in [4.69, 9.17) is 10.5 Å². The molecule has 0 radical (unpaired) electrons. The molecule has 0 bridgehead atoms. The lowest BCUT2D eigenvalue weighted by atomic mass is 10.1. The van der Waals surface area contributed by atoms with Gasteiger partial charge in [0.1, 0.15) is 5.84 Å². The fourth-order valence-corrected chi connectivity index (χ4v) is 1.60. The zero-order chi connectivity index (χ0) is 11.5. The van der Waals surface area contributed by atoms with Crippen molar-refractivity contribution < 1.29 is 9.53 Å². The first-order valence-corrected chi connectivity index (χ1v) is 4.91. The van der Waals surface area contributed by atoms with Gasteiger partial charge in [-0.1, -0.05) is 18.2 Å². The summed E-state index contributed by atoms with van der Waals surface area (Å²) in [6, 6.07) is 7.52. The van der Waals surface area contributed by atoms with Crippen LogP contribution in [0.2, 0.25) is 0 Å². The number of carbonyl (C=O) groups is 1. The summed E-state index contributed by atoms with van der Waals surface area (Å²) in [5, 5.41) is 0. The van der Waals surface area contributed by atoms with E-state index in [9.17, 15) is 4.79 Å². The zero-order valence-corrected chi connectivity index (χ0v) is 8.93. The summed E-state index contributed by atoms with van der Waals surface area (Å²) >= 11 is 0. The second-order valence-corrected chi connectivity index (χ2v) is 3.50. The molecule has 2 rings (SSSR count). The van der Waals surface area contributed by atoms with Crippen LogP contribution in [0.25, 0.3) is 6.08 Å². The van der Waals surface area contributed by atoms with Crippen molar-refractivity contribution >= 4 is 23.6 Å². The molecule has 0 fully saturated rings. The minimum absolute atomic E-state index is 0.321. The lowest BCUT2D eigenvalue weighted by Gasteiger charge is -2.02. The van der Waals surface area contributed by atoms with Crippen molar-refractivity contribution in [2.45, 2.75) is 6.42 Å². The molecule has 1 aliphatic heterocycles. The van der Waals surface area contributed by atoms with Crippen LogP contribution in [-0.2, 0) is 9.53 Å². The maximum absolute atomic E-state index is 11.5. The summed E-state index contributed by atoms with van der Waals surface area (Å²) in [4.78, 5) is 15.7. The highest BCUT2D eigenvalue weighted by atomic mass is 16.5. The van der Waals surface area contributed by atoms with E-state index in [-0.39, 0.29) is 5.97 Å². The lowest BCUT2D eigenvalue weighted by molar-refractivity contribution is -0.136. The number of hydrogen-bond acceptors (Lipinski definition) is 4. The van der Waals surface area contributed by atoms with Crippen LogP contribution in [0.5, 0.6) is 0 Å². The Morgan fingerprint density at radius 2 is 2.19 bits per heavy atom. The van der Waals surface area contributed by atoms with E-state index in [0.717, 1.165) is 11.3 Å². The number of aliphatic imine (C=N–C) groups is 1. The second-order valence-electron chi connectivity index (χ2n) is 3.50. The number of nitrogens with two attached hydrogens (primary N) is 1. The summed E-state index contributed by atoms with van der Waals surface area (Å²) in [7, 11) is 1.35. The van der Waals surface area contributed by atoms with Gasteiger partial charge < -0.3 is 10.5 Å². The maximum Gasteiger partial charge on any atom is 0.334 e. The summed E-state index contributed by atoms with van der Waals surface area (Å²) in [5.74, 6) is 0.0523. The predicted molar refractivity (Wildman–Crippen MR) is 62.3 cm³/mol. The molecule has 1 aliphatic rings. The summed E-state index contributed by atoms with van der Waals surface area (Å²) < 4.78 is 4.69. The first-order chi connectivity index (χ1) is 7.70. The van der Waals surface area contributed by atoms with Gasteiger partial charge in [0.15, 0.2) is 0 Å². The average Bonchev–Trinajstić information content (AvgIpc) is 2.45. The van der Waals surface area contributed by atoms with Crippen LogP contribution >= 0.6 is 0 Å². The van der Waals surface area contributed by atoms with Crippen LogP contribution in [0.1, 0.15) is 12.0 Å². The molecule has 0 saturated carbocycles. The average molecular weight is 216 g/mol. The van der Waals surface area contributed by atoms with Gasteiger partial charge in [-0.3, -0.25) is 0 Å². The van der Waals surface area contributed by atoms with E-state index in [1.165, 1.54) is 7.11 Å². The van der Waals surface area contributed by atoms with Crippen LogP contribution in [0.15, 0.2) is 34.8 Å². The number of methoxy groups -OCH3 is 1. The Balaban J connectivity index is 2.51. The van der Waals surface area contributed by atoms with Crippen molar-refractivity contribution in [1.82, 2.24) is 0 Å². The van der Waals surface area contributed by atoms with E-state index < -0.39 is 0 Å². The third kappa shape index (κ3) is 1.95. The first kappa shape index (κ1) is 10.4. The highest BCUT2D eigenvalue weighted by Crippen LogP contribution is 2.26. The number of esters is 1. The van der Waals surface area contributed by atoms with Crippen molar-refractivity contribution in [2.24, 2.45) is 10.7 Å². The molecule has 0 spiro atoms. The number of fused-ring (bicyclic) bond motifs is 1. The van der Waals surface area contributed by atoms with E-state index in [2.05, 4.69) is 4.99 Å². The van der Waals surface area contributed by atoms with Crippen molar-refractivity contribution in [3.8, 4) is 0 Å². The first-order valence-electron chi connectivity index (χ1n) is 4.91. The molecule has 0 amide bonds. The van der Waals surface area contributed by atoms with Gasteiger partial charge in [0.05, 0.1) is 12.8 Å². The number of amidine groups is 1. The van der Waals surface area contributed by atoms with Gasteiger partial charge in [0.25, 0.3) is 0 Å². The molecule has 0 aromatic heterocycles. The van der Waals surface area contributed by atoms with Crippen molar-refractivity contribution in [2.75, 3.05) is 7.11 Å². The lowest BCUT2D eigenvalue weighted by Crippen LogP contribution is -2.15. The normalized spacial score (nSPS) is 14.3. The fourth-order valence-electron chi connectivity index (χ4n) is 1.60. The van der Waals surface area contributed by atoms with Gasteiger partial charge in [0, 0.05) is 17.6 Å². The third-order valence-corrected chi connectivity index (χ3v) is 2.35. The van der Waals surface area contributed by atoms with Crippen LogP contribution in [0, 0.1) is 0 Å². The Labute approximate surface area is 93.4 Å². The Bertz CT molecular complexity index is 490. The fraction of sp³-hybridized carbons (Fsp3) is 0.167. The standard InChI is InChI=1S/C12H12N2O2/c1-16-12(15)9-6-8-4-2-3-5-10(8)14-11(13)7-9/h2-6H,7H2,1H3,(H2,13,14). The van der Waals surface area contributed by atoms with Crippen LogP contribution in [-0.4, -0.2) is 18.9 Å². The van der Waals surface area contributed by atoms with Gasteiger partial charge in [-0.2, -0.15) is 0 Å². The quantitative estimate of drug-likeness (QED) is 0.726. The van der Waals surface area contributed by atoms with Crippen molar-refractivity contribution in [3.05, 3.63) is 35.4 Å². The molecular weight excluding hydrogens is 204 g/mol. The molecular formula is C12H12N2O2. The Kier molecular flexibility index (Phi) is 2.72. The smallest absolute Gasteiger partial charge is 0.334 e. The Morgan fingerprint density at radius 3 is 2.94 bits per heavy atom. The molecule has 1 heterocycles. The minimum atomic E-state index is -0.366. The monoisotopic (exact) mass is 216 g/mol. The summed E-state index contributed by atoms with van der Waals surface area (Å²) in [5.41, 5.74) is 7.91. The molecule has 0 saturated heterocycles. The molecule has 16 heavy (non-hydrogen) atoms. The van der Waals surface area contributed by atoms with Gasteiger partial charge in [-0.15, -0.1) is 0 Å². The van der Waals surface area contributed by atoms with E-state index in [1.54, 1.807) is 6.08 Å². The van der Waals surface area contributed by atoms with Crippen LogP contribution in [0.4, 0.5) is 5.69 Å². The number of nitrogens with zero attached hydrogens (tertiary/aromatic N) is 1. The predicted octanol–water partition coefficient (Wildman–Crippen LogP) is 1.64. The highest BCUT2D eigenvalue weighted by molar-refractivity contribution is 6.02. The third-order valence-electron chi connectivity index (χ3n) is 2.35. The maximum atomic E-state index is 11.5. The zero-order valence-electron chi connectivity index (χ0n) is 8.93. The number of hydrogen-bond donors (Lipinski definition) is 1. The molecule has 1 aromatic carbocycles. The largest absolute Gasteiger partial charge is 0.466 e. The molecule has 0 aliphatic carbocycles. The van der Waals surface area contributed by atoms with Crippen molar-refractivity contribution in [1.29, 1.82) is 0 Å². The summed E-state index contributed by atoms with van der Waals surface area (Å²) in [6.07, 6.45) is 2.09. The number of benzene rings is 1.